The number of carbonyl (C=O) groups is 1. The summed E-state index contributed by atoms with van der Waals surface area (Å²) in [6.45, 7) is 0. The maximum atomic E-state index is 10.6. The van der Waals surface area contributed by atoms with Crippen molar-refractivity contribution < 1.29 is 12.6 Å². The average molecular weight is 167 g/mol. The van der Waals surface area contributed by atoms with Crippen molar-refractivity contribution in [3.8, 4) is 0 Å². The van der Waals surface area contributed by atoms with E-state index in [9.17, 15) is 4.79 Å². The van der Waals surface area contributed by atoms with Crippen molar-refractivity contribution in [3.63, 3.8) is 0 Å². The zero-order valence-electron chi connectivity index (χ0n) is 8.40. The lowest BCUT2D eigenvalue weighted by molar-refractivity contribution is -0.138. The largest absolute Gasteiger partial charge is 0.480 e. The molecule has 0 aliphatic heterocycles. The molecule has 12 heavy (non-hydrogen) atoms. The standard InChI is InChI=1S/C9H11NO2/c10-8(9(11)12)6-7-4-2-1-3-5-7/h1-5,8H,6,10H2,(H,11,12)/t8-/m0/s1/i6D2. The van der Waals surface area contributed by atoms with E-state index >= 15 is 0 Å². The molecule has 0 saturated carbocycles. The Morgan fingerprint density at radius 2 is 2.17 bits per heavy atom. The van der Waals surface area contributed by atoms with Crippen LogP contribution in [0.5, 0.6) is 0 Å². The van der Waals surface area contributed by atoms with Gasteiger partial charge in [0.05, 0.1) is 0 Å². The molecule has 0 heterocycles. The van der Waals surface area contributed by atoms with E-state index in [4.69, 9.17) is 13.6 Å². The Labute approximate surface area is 73.6 Å². The highest BCUT2D eigenvalue weighted by atomic mass is 16.4. The smallest absolute Gasteiger partial charge is 0.320 e. The molecule has 0 amide bonds. The molecule has 3 N–H and O–H groups in total. The van der Waals surface area contributed by atoms with Gasteiger partial charge in [0, 0.05) is 2.74 Å². The molecule has 1 aromatic rings. The molecular weight excluding hydrogens is 154 g/mol. The summed E-state index contributed by atoms with van der Waals surface area (Å²) >= 11 is 0. The average Bonchev–Trinajstić information content (AvgIpc) is 2.18. The number of nitrogens with two attached hydrogens (primary N) is 1. The number of carboxylic acid groups (broad SMARTS) is 1. The summed E-state index contributed by atoms with van der Waals surface area (Å²) in [6, 6.07) is 6.49. The highest BCUT2D eigenvalue weighted by Crippen LogP contribution is 2.01. The van der Waals surface area contributed by atoms with Crippen LogP contribution in [0.25, 0.3) is 0 Å². The number of rotatable bonds is 3. The van der Waals surface area contributed by atoms with E-state index < -0.39 is 18.4 Å². The molecule has 64 valence electrons. The third kappa shape index (κ3) is 2.36. The zero-order valence-corrected chi connectivity index (χ0v) is 6.40. The summed E-state index contributed by atoms with van der Waals surface area (Å²) < 4.78 is 15.1. The van der Waals surface area contributed by atoms with Gasteiger partial charge in [-0.1, -0.05) is 30.3 Å². The summed E-state index contributed by atoms with van der Waals surface area (Å²) in [5.74, 6) is -1.35. The van der Waals surface area contributed by atoms with Crippen LogP contribution in [0.15, 0.2) is 30.3 Å². The van der Waals surface area contributed by atoms with Crippen LogP contribution >= 0.6 is 0 Å². The third-order valence-electron chi connectivity index (χ3n) is 1.36. The van der Waals surface area contributed by atoms with Gasteiger partial charge in [-0.2, -0.15) is 0 Å². The Morgan fingerprint density at radius 3 is 2.67 bits per heavy atom. The molecule has 0 aromatic heterocycles. The lowest BCUT2D eigenvalue weighted by Crippen LogP contribution is -2.32. The van der Waals surface area contributed by atoms with Crippen LogP contribution in [-0.2, 0) is 11.2 Å². The van der Waals surface area contributed by atoms with Gasteiger partial charge >= 0.3 is 5.97 Å². The number of aliphatic carboxylic acids is 1. The van der Waals surface area contributed by atoms with Gasteiger partial charge in [-0.25, -0.2) is 0 Å². The molecule has 0 aliphatic rings. The monoisotopic (exact) mass is 167 g/mol. The molecule has 0 radical (unpaired) electrons. The van der Waals surface area contributed by atoms with E-state index in [0.29, 0.717) is 0 Å². The predicted molar refractivity (Wildman–Crippen MR) is 45.8 cm³/mol. The van der Waals surface area contributed by atoms with Gasteiger partial charge < -0.3 is 10.8 Å². The van der Waals surface area contributed by atoms with E-state index in [1.807, 2.05) is 0 Å². The fourth-order valence-corrected chi connectivity index (χ4v) is 0.776. The van der Waals surface area contributed by atoms with Crippen LogP contribution in [0.2, 0.25) is 0 Å². The molecule has 1 aromatic carbocycles. The van der Waals surface area contributed by atoms with E-state index in [1.165, 1.54) is 12.1 Å². The first-order valence-electron chi connectivity index (χ1n) is 4.50. The molecule has 3 heteroatoms. The maximum Gasteiger partial charge on any atom is 0.320 e. The Morgan fingerprint density at radius 1 is 1.58 bits per heavy atom. The minimum Gasteiger partial charge on any atom is -0.480 e. The highest BCUT2D eigenvalue weighted by Gasteiger charge is 2.10. The fraction of sp³-hybridized carbons (Fsp3) is 0.222. The molecule has 0 spiro atoms. The second kappa shape index (κ2) is 3.88. The van der Waals surface area contributed by atoms with Gasteiger partial charge in [-0.15, -0.1) is 0 Å². The minimum atomic E-state index is -2.05. The zero-order chi connectivity index (χ0) is 10.8. The van der Waals surface area contributed by atoms with Crippen LogP contribution in [0, 0.1) is 0 Å². The highest BCUT2D eigenvalue weighted by molar-refractivity contribution is 5.73. The number of hydrogen-bond donors (Lipinski definition) is 2. The normalized spacial score (nSPS) is 16.1. The SMILES string of the molecule is [2H]C([2H])(c1ccccc1)[C@H](N)C(=O)O. The lowest BCUT2D eigenvalue weighted by atomic mass is 10.1. The van der Waals surface area contributed by atoms with Gasteiger partial charge in [0.1, 0.15) is 6.04 Å². The van der Waals surface area contributed by atoms with Gasteiger partial charge in [-0.3, -0.25) is 4.79 Å². The summed E-state index contributed by atoms with van der Waals surface area (Å²) in [5.41, 5.74) is 5.52. The Hall–Kier alpha value is -1.35. The number of benzene rings is 1. The summed E-state index contributed by atoms with van der Waals surface area (Å²) in [4.78, 5) is 10.6. The molecule has 0 saturated heterocycles. The van der Waals surface area contributed by atoms with Crippen molar-refractivity contribution in [3.05, 3.63) is 35.9 Å². The topological polar surface area (TPSA) is 63.3 Å². The Balaban J connectivity index is 3.02. The molecule has 0 aliphatic carbocycles. The van der Waals surface area contributed by atoms with Gasteiger partial charge in [0.25, 0.3) is 0 Å². The Kier molecular flexibility index (Phi) is 2.00. The molecule has 0 fully saturated rings. The van der Waals surface area contributed by atoms with Crippen molar-refractivity contribution in [1.29, 1.82) is 0 Å². The first-order chi connectivity index (χ1) is 6.46. The van der Waals surface area contributed by atoms with Crippen molar-refractivity contribution in [2.24, 2.45) is 5.73 Å². The molecule has 1 rings (SSSR count). The van der Waals surface area contributed by atoms with Gasteiger partial charge in [-0.05, 0) is 11.9 Å². The lowest BCUT2D eigenvalue weighted by Gasteiger charge is -2.04. The molecular formula is C9H11NO2. The fourth-order valence-electron chi connectivity index (χ4n) is 0.776. The van der Waals surface area contributed by atoms with E-state index in [2.05, 4.69) is 0 Å². The number of carboxylic acids is 1. The second-order valence-electron chi connectivity index (χ2n) is 2.33. The van der Waals surface area contributed by atoms with Gasteiger partial charge in [0.15, 0.2) is 0 Å². The summed E-state index contributed by atoms with van der Waals surface area (Å²) in [5, 5.41) is 8.61. The predicted octanol–water partition coefficient (Wildman–Crippen LogP) is 0.641. The molecule has 0 bridgehead atoms. The molecule has 0 unspecified atom stereocenters. The third-order valence-corrected chi connectivity index (χ3v) is 1.36. The Bertz CT molecular complexity index is 327. The summed E-state index contributed by atoms with van der Waals surface area (Å²) in [7, 11) is 0. The first-order valence-corrected chi connectivity index (χ1v) is 3.50. The van der Waals surface area contributed by atoms with Crippen molar-refractivity contribution >= 4 is 5.97 Å². The minimum absolute atomic E-state index is 0.273. The first kappa shape index (κ1) is 6.20. The van der Waals surface area contributed by atoms with Crippen LogP contribution in [0.3, 0.4) is 0 Å². The second-order valence-corrected chi connectivity index (χ2v) is 2.33. The van der Waals surface area contributed by atoms with Crippen molar-refractivity contribution in [2.75, 3.05) is 0 Å². The van der Waals surface area contributed by atoms with E-state index in [1.54, 1.807) is 18.2 Å². The maximum absolute atomic E-state index is 10.6. The number of hydrogen-bond acceptors (Lipinski definition) is 2. The van der Waals surface area contributed by atoms with Crippen LogP contribution < -0.4 is 5.73 Å². The van der Waals surface area contributed by atoms with Crippen molar-refractivity contribution in [1.82, 2.24) is 0 Å². The van der Waals surface area contributed by atoms with Crippen LogP contribution in [0.1, 0.15) is 8.30 Å². The van der Waals surface area contributed by atoms with E-state index in [0.717, 1.165) is 0 Å². The quantitative estimate of drug-likeness (QED) is 0.694. The van der Waals surface area contributed by atoms with Gasteiger partial charge in [0.2, 0.25) is 0 Å². The van der Waals surface area contributed by atoms with Crippen LogP contribution in [-0.4, -0.2) is 17.1 Å². The summed E-state index contributed by atoms with van der Waals surface area (Å²) in [6.07, 6.45) is -2.05. The van der Waals surface area contributed by atoms with Crippen molar-refractivity contribution in [2.45, 2.75) is 12.4 Å². The molecule has 1 atom stereocenters. The van der Waals surface area contributed by atoms with Crippen LogP contribution in [0.4, 0.5) is 0 Å². The van der Waals surface area contributed by atoms with E-state index in [-0.39, 0.29) is 5.56 Å². The molecule has 3 nitrogen and oxygen atoms in total.